The highest BCUT2D eigenvalue weighted by Crippen LogP contribution is 2.40. The Balaban J connectivity index is 2.46. The molecule has 0 aromatic heterocycles. The molecule has 0 bridgehead atoms. The minimum atomic E-state index is -0.362. The van der Waals surface area contributed by atoms with E-state index < -0.39 is 0 Å². The molecule has 3 atom stereocenters. The highest BCUT2D eigenvalue weighted by atomic mass is 16.3. The van der Waals surface area contributed by atoms with Gasteiger partial charge in [-0.3, -0.25) is 0 Å². The smallest absolute Gasteiger partial charge is 0.0650 e. The van der Waals surface area contributed by atoms with Crippen LogP contribution in [0.3, 0.4) is 0 Å². The van der Waals surface area contributed by atoms with Gasteiger partial charge in [0.1, 0.15) is 0 Å². The molecule has 0 saturated heterocycles. The van der Waals surface area contributed by atoms with Gasteiger partial charge in [-0.1, -0.05) is 34.6 Å². The monoisotopic (exact) mass is 212 g/mol. The van der Waals surface area contributed by atoms with Crippen LogP contribution in [0.1, 0.15) is 66.7 Å². The van der Waals surface area contributed by atoms with Crippen molar-refractivity contribution in [1.29, 1.82) is 0 Å². The number of aliphatic hydroxyl groups is 1. The fourth-order valence-electron chi connectivity index (χ4n) is 2.52. The number of hydrogen-bond acceptors (Lipinski definition) is 1. The Bertz CT molecular complexity index is 204. The molecule has 0 aromatic rings. The van der Waals surface area contributed by atoms with Crippen molar-refractivity contribution in [2.45, 2.75) is 72.3 Å². The minimum absolute atomic E-state index is 0.349. The molecule has 1 saturated carbocycles. The molecule has 15 heavy (non-hydrogen) atoms. The predicted octanol–water partition coefficient (Wildman–Crippen LogP) is 4.00. The maximum Gasteiger partial charge on any atom is 0.0650 e. The summed E-state index contributed by atoms with van der Waals surface area (Å²) in [4.78, 5) is 0. The van der Waals surface area contributed by atoms with Crippen LogP contribution in [-0.2, 0) is 0 Å². The molecule has 0 heterocycles. The molecule has 1 heteroatoms. The minimum Gasteiger partial charge on any atom is -0.390 e. The fraction of sp³-hybridized carbons (Fsp3) is 1.00. The molecule has 0 aliphatic heterocycles. The van der Waals surface area contributed by atoms with Crippen molar-refractivity contribution in [1.82, 2.24) is 0 Å². The molecule has 1 fully saturated rings. The Hall–Kier alpha value is -0.0400. The number of rotatable bonds is 2. The second-order valence-electron chi connectivity index (χ2n) is 6.98. The van der Waals surface area contributed by atoms with Gasteiger partial charge < -0.3 is 5.11 Å². The first-order valence-electron chi connectivity index (χ1n) is 6.44. The first-order chi connectivity index (χ1) is 6.72. The summed E-state index contributed by atoms with van der Waals surface area (Å²) in [5, 5.41) is 10.5. The van der Waals surface area contributed by atoms with Crippen molar-refractivity contribution in [3.8, 4) is 0 Å². The van der Waals surface area contributed by atoms with Gasteiger partial charge in [0.2, 0.25) is 0 Å². The second kappa shape index (κ2) is 4.45. The van der Waals surface area contributed by atoms with E-state index >= 15 is 0 Å². The summed E-state index contributed by atoms with van der Waals surface area (Å²) >= 11 is 0. The Labute approximate surface area is 95.3 Å². The first-order valence-corrected chi connectivity index (χ1v) is 6.44. The van der Waals surface area contributed by atoms with Crippen molar-refractivity contribution >= 4 is 0 Å². The zero-order valence-corrected chi connectivity index (χ0v) is 11.1. The van der Waals surface area contributed by atoms with Crippen LogP contribution < -0.4 is 0 Å². The lowest BCUT2D eigenvalue weighted by Gasteiger charge is -2.40. The van der Waals surface area contributed by atoms with Crippen molar-refractivity contribution in [3.05, 3.63) is 0 Å². The molecule has 1 aliphatic carbocycles. The van der Waals surface area contributed by atoms with Crippen molar-refractivity contribution < 1.29 is 5.11 Å². The zero-order valence-electron chi connectivity index (χ0n) is 11.1. The van der Waals surface area contributed by atoms with E-state index in [1.54, 1.807) is 0 Å². The summed E-state index contributed by atoms with van der Waals surface area (Å²) in [6.07, 6.45) is 5.32. The lowest BCUT2D eigenvalue weighted by molar-refractivity contribution is -0.0417. The van der Waals surface area contributed by atoms with Crippen LogP contribution in [0.15, 0.2) is 0 Å². The molecule has 90 valence electrons. The maximum atomic E-state index is 10.5. The van der Waals surface area contributed by atoms with Crippen LogP contribution in [0, 0.1) is 17.3 Å². The summed E-state index contributed by atoms with van der Waals surface area (Å²) in [5.41, 5.74) is -0.0127. The fourth-order valence-corrected chi connectivity index (χ4v) is 2.52. The van der Waals surface area contributed by atoms with Gasteiger partial charge >= 0.3 is 0 Å². The van der Waals surface area contributed by atoms with Gasteiger partial charge in [-0.05, 0) is 49.4 Å². The average molecular weight is 212 g/mol. The molecule has 1 rings (SSSR count). The average Bonchev–Trinajstić information content (AvgIpc) is 2.08. The van der Waals surface area contributed by atoms with Gasteiger partial charge in [-0.25, -0.2) is 0 Å². The topological polar surface area (TPSA) is 20.2 Å². The molecule has 0 radical (unpaired) electrons. The summed E-state index contributed by atoms with van der Waals surface area (Å²) in [5.74, 6) is 1.48. The van der Waals surface area contributed by atoms with Crippen molar-refractivity contribution in [2.24, 2.45) is 17.3 Å². The van der Waals surface area contributed by atoms with Gasteiger partial charge in [-0.15, -0.1) is 0 Å². The van der Waals surface area contributed by atoms with E-state index in [-0.39, 0.29) is 5.60 Å². The molecular formula is C14H28O. The third-order valence-corrected chi connectivity index (χ3v) is 4.08. The second-order valence-corrected chi connectivity index (χ2v) is 6.98. The lowest BCUT2D eigenvalue weighted by atomic mass is 9.70. The van der Waals surface area contributed by atoms with Gasteiger partial charge in [0, 0.05) is 0 Å². The third kappa shape index (κ3) is 4.14. The van der Waals surface area contributed by atoms with Crippen LogP contribution in [-0.4, -0.2) is 10.7 Å². The zero-order chi connectivity index (χ0) is 11.7. The highest BCUT2D eigenvalue weighted by molar-refractivity contribution is 4.88. The molecule has 0 spiro atoms. The van der Waals surface area contributed by atoms with Gasteiger partial charge in [0.15, 0.2) is 0 Å². The third-order valence-electron chi connectivity index (χ3n) is 4.08. The largest absolute Gasteiger partial charge is 0.390 e. The molecule has 1 N–H and O–H groups in total. The molecule has 1 nitrogen and oxygen atoms in total. The molecular weight excluding hydrogens is 184 g/mol. The normalized spacial score (nSPS) is 38.0. The Morgan fingerprint density at radius 3 is 2.27 bits per heavy atom. The lowest BCUT2D eigenvalue weighted by Crippen LogP contribution is -2.38. The van der Waals surface area contributed by atoms with Crippen molar-refractivity contribution in [2.75, 3.05) is 0 Å². The van der Waals surface area contributed by atoms with Crippen LogP contribution in [0.25, 0.3) is 0 Å². The molecule has 0 amide bonds. The standard InChI is InChI=1S/C14H28O/c1-11-6-7-14(15,10-12(11)2)9-8-13(3,4)5/h11-12,15H,6-10H2,1-5H3. The Morgan fingerprint density at radius 2 is 1.80 bits per heavy atom. The van der Waals surface area contributed by atoms with Crippen LogP contribution >= 0.6 is 0 Å². The molecule has 1 aliphatic rings. The molecule has 3 unspecified atom stereocenters. The molecule has 0 aromatic carbocycles. The Morgan fingerprint density at radius 1 is 1.20 bits per heavy atom. The van der Waals surface area contributed by atoms with Gasteiger partial charge in [0.05, 0.1) is 5.60 Å². The van der Waals surface area contributed by atoms with E-state index in [9.17, 15) is 5.11 Å². The SMILES string of the molecule is CC1CCC(O)(CCC(C)(C)C)CC1C. The van der Waals surface area contributed by atoms with Crippen LogP contribution in [0.2, 0.25) is 0 Å². The van der Waals surface area contributed by atoms with E-state index in [0.29, 0.717) is 11.3 Å². The summed E-state index contributed by atoms with van der Waals surface area (Å²) < 4.78 is 0. The predicted molar refractivity (Wildman–Crippen MR) is 65.8 cm³/mol. The maximum absolute atomic E-state index is 10.5. The van der Waals surface area contributed by atoms with Crippen LogP contribution in [0.4, 0.5) is 0 Å². The van der Waals surface area contributed by atoms with E-state index in [2.05, 4.69) is 34.6 Å². The quantitative estimate of drug-likeness (QED) is 0.733. The highest BCUT2D eigenvalue weighted by Gasteiger charge is 2.36. The van der Waals surface area contributed by atoms with Crippen LogP contribution in [0.5, 0.6) is 0 Å². The summed E-state index contributed by atoms with van der Waals surface area (Å²) in [7, 11) is 0. The van der Waals surface area contributed by atoms with Gasteiger partial charge in [-0.2, -0.15) is 0 Å². The van der Waals surface area contributed by atoms with E-state index in [0.717, 1.165) is 31.6 Å². The van der Waals surface area contributed by atoms with E-state index in [1.807, 2.05) is 0 Å². The van der Waals surface area contributed by atoms with E-state index in [4.69, 9.17) is 0 Å². The number of hydrogen-bond donors (Lipinski definition) is 1. The van der Waals surface area contributed by atoms with E-state index in [1.165, 1.54) is 6.42 Å². The first kappa shape index (κ1) is 13.0. The Kier molecular flexibility index (Phi) is 3.86. The van der Waals surface area contributed by atoms with Crippen molar-refractivity contribution in [3.63, 3.8) is 0 Å². The summed E-state index contributed by atoms with van der Waals surface area (Å²) in [6, 6.07) is 0. The van der Waals surface area contributed by atoms with Gasteiger partial charge in [0.25, 0.3) is 0 Å². The summed E-state index contributed by atoms with van der Waals surface area (Å²) in [6.45, 7) is 11.4.